The molecule has 0 amide bonds. The third kappa shape index (κ3) is 15.4. The summed E-state index contributed by atoms with van der Waals surface area (Å²) >= 11 is 6.79. The third-order valence-corrected chi connectivity index (χ3v) is 17.2. The molecule has 0 bridgehead atoms. The van der Waals surface area contributed by atoms with Crippen LogP contribution in [0.3, 0.4) is 0 Å². The van der Waals surface area contributed by atoms with Crippen molar-refractivity contribution in [2.75, 3.05) is 32.7 Å². The van der Waals surface area contributed by atoms with E-state index in [1.54, 1.807) is 52.7 Å². The van der Waals surface area contributed by atoms with Crippen LogP contribution in [0.4, 0.5) is 67.2 Å². The summed E-state index contributed by atoms with van der Waals surface area (Å²) in [7, 11) is 0. The number of anilines is 10. The van der Waals surface area contributed by atoms with Gasteiger partial charge in [0.15, 0.2) is 23.3 Å². The molecule has 1 aliphatic rings. The molecule has 1 aliphatic carbocycles. The van der Waals surface area contributed by atoms with Crippen molar-refractivity contribution in [1.29, 1.82) is 0 Å². The van der Waals surface area contributed by atoms with E-state index in [0.717, 1.165) is 90.5 Å². The second-order valence-electron chi connectivity index (χ2n) is 23.6. The molecule has 17 rings (SSSR count). The maximum atomic E-state index is 14.3. The molecule has 16 aromatic rings. The molecule has 1 fully saturated rings. The highest BCUT2D eigenvalue weighted by Crippen LogP contribution is 2.42. The van der Waals surface area contributed by atoms with Gasteiger partial charge in [0.05, 0.1) is 45.5 Å². The molecule has 103 heavy (non-hydrogen) atoms. The average molecular weight is 1500 g/mol. The van der Waals surface area contributed by atoms with Crippen LogP contribution >= 0.6 is 31.9 Å². The SMILES string of the molecule is CCc1nc2ccccc2n1-c1cnnc(Nc2ccc(C)cc2)n1.Cc1ccc(Nc2nncc(-n3c(C)nc4ccccc43)n2)cc1.Cc1nc2c(F)cccc2n1-c1nc(N)nc(Nc2ccc(Br)cc2)n1.Nc1nc(Nc2ccc(Br)cc2)nc(-n2c(C3CC3)nc3c(F)cccc32)n1. The number of halogens is 4. The molecule has 0 spiro atoms. The number of nitrogens with one attached hydrogen (secondary N) is 4. The normalized spacial score (nSPS) is 11.7. The van der Waals surface area contributed by atoms with Crippen LogP contribution in [0.5, 0.6) is 0 Å². The van der Waals surface area contributed by atoms with Crippen molar-refractivity contribution in [2.24, 2.45) is 0 Å². The van der Waals surface area contributed by atoms with Crippen molar-refractivity contribution >= 4 is 134 Å². The Morgan fingerprint density at radius 2 is 0.825 bits per heavy atom. The molecule has 8 N–H and O–H groups in total. The lowest BCUT2D eigenvalue weighted by Crippen LogP contribution is -2.11. The predicted octanol–water partition coefficient (Wildman–Crippen LogP) is 15.5. The fourth-order valence-electron chi connectivity index (χ4n) is 11.2. The lowest BCUT2D eigenvalue weighted by molar-refractivity contribution is 0.636. The molecule has 8 aromatic heterocycles. The van der Waals surface area contributed by atoms with Crippen LogP contribution in [0.1, 0.15) is 60.1 Å². The van der Waals surface area contributed by atoms with Gasteiger partial charge in [-0.2, -0.15) is 50.1 Å². The summed E-state index contributed by atoms with van der Waals surface area (Å²) in [6.45, 7) is 9.89. The van der Waals surface area contributed by atoms with Gasteiger partial charge in [-0.3, -0.25) is 18.3 Å². The summed E-state index contributed by atoms with van der Waals surface area (Å²) in [5.74, 6) is 6.21. The lowest BCUT2D eigenvalue weighted by Gasteiger charge is -2.10. The smallest absolute Gasteiger partial charge is 0.249 e. The van der Waals surface area contributed by atoms with E-state index in [4.69, 9.17) is 11.5 Å². The van der Waals surface area contributed by atoms with Crippen molar-refractivity contribution in [3.05, 3.63) is 249 Å². The number of aromatic nitrogens is 20. The minimum atomic E-state index is -0.403. The maximum absolute atomic E-state index is 14.3. The predicted molar refractivity (Wildman–Crippen MR) is 401 cm³/mol. The molecular formula is C73H62Br2F2N26. The van der Waals surface area contributed by atoms with Crippen LogP contribution < -0.4 is 32.7 Å². The number of hydrogen-bond acceptors (Lipinski definition) is 22. The van der Waals surface area contributed by atoms with Crippen LogP contribution in [0, 0.1) is 39.3 Å². The van der Waals surface area contributed by atoms with Gasteiger partial charge >= 0.3 is 0 Å². The van der Waals surface area contributed by atoms with E-state index < -0.39 is 5.82 Å². The number of nitrogen functional groups attached to an aromatic ring is 2. The van der Waals surface area contributed by atoms with Crippen LogP contribution in [-0.4, -0.2) is 98.5 Å². The summed E-state index contributed by atoms with van der Waals surface area (Å²) in [6.07, 6.45) is 6.12. The highest BCUT2D eigenvalue weighted by atomic mass is 79.9. The molecule has 512 valence electrons. The quantitative estimate of drug-likeness (QED) is 0.0589. The Hall–Kier alpha value is -12.7. The van der Waals surface area contributed by atoms with E-state index in [1.807, 2.05) is 162 Å². The standard InChI is InChI=1S/C19H15BrFN7.C19H18N6.C18H16N6.C17H13BrFN7/c20-11-6-8-12(9-7-11)23-18-25-17(22)26-19(27-18)28-14-3-1-2-13(21)15(14)24-16(28)10-4-5-10;1-3-17-22-15-6-4-5-7-16(15)25(17)18-12-20-24-19(23-18)21-14-10-8-13(2)9-11-14;1-12-7-9-14(10-8-12)21-18-22-17(11-19-23-18)24-13(2)20-15-5-3-4-6-16(15)24;1-9-21-14-12(19)3-2-4-13(14)26(9)17-24-15(20)23-16(25-17)22-11-7-5-10(18)6-8-11/h1-3,6-10H,4-5H2,(H3,22,23,25,26,27);4-12H,3H2,1-2H3,(H,21,23,24);3-11H,1-2H3,(H,21,22,23);2-8H,1H3,(H3,20,22,23,24,25). The van der Waals surface area contributed by atoms with E-state index in [1.165, 1.54) is 23.3 Å². The summed E-state index contributed by atoms with van der Waals surface area (Å²) in [5, 5.41) is 29.0. The molecule has 0 unspecified atom stereocenters. The van der Waals surface area contributed by atoms with Crippen LogP contribution in [-0.2, 0) is 6.42 Å². The zero-order valence-electron chi connectivity index (χ0n) is 55.8. The summed E-state index contributed by atoms with van der Waals surface area (Å²) in [6, 6.07) is 56.8. The van der Waals surface area contributed by atoms with Gasteiger partial charge in [-0.15, -0.1) is 10.2 Å². The monoisotopic (exact) mass is 1500 g/mol. The molecule has 30 heteroatoms. The van der Waals surface area contributed by atoms with Gasteiger partial charge in [0.2, 0.25) is 47.6 Å². The number of nitrogens with two attached hydrogens (primary N) is 2. The van der Waals surface area contributed by atoms with E-state index >= 15 is 0 Å². The molecule has 8 heterocycles. The number of aryl methyl sites for hydroxylation is 5. The van der Waals surface area contributed by atoms with Gasteiger partial charge < -0.3 is 32.7 Å². The molecular weight excluding hydrogens is 1440 g/mol. The molecule has 8 aromatic carbocycles. The molecule has 0 atom stereocenters. The van der Waals surface area contributed by atoms with Gasteiger partial charge in [0, 0.05) is 44.0 Å². The minimum Gasteiger partial charge on any atom is -0.368 e. The first kappa shape index (κ1) is 67.5. The zero-order valence-corrected chi connectivity index (χ0v) is 59.0. The Balaban J connectivity index is 0.000000116. The van der Waals surface area contributed by atoms with Crippen LogP contribution in [0.2, 0.25) is 0 Å². The number of imidazole rings is 4. The summed E-state index contributed by atoms with van der Waals surface area (Å²) < 4.78 is 37.6. The third-order valence-electron chi connectivity index (χ3n) is 16.1. The van der Waals surface area contributed by atoms with Gasteiger partial charge in [-0.05, 0) is 162 Å². The highest BCUT2D eigenvalue weighted by Gasteiger charge is 2.32. The number of nitrogens with zero attached hydrogens (tertiary/aromatic N) is 20. The van der Waals surface area contributed by atoms with E-state index in [-0.39, 0.29) is 41.0 Å². The molecule has 0 radical (unpaired) electrons. The number of rotatable bonds is 14. The molecule has 1 saturated carbocycles. The first-order valence-corrected chi connectivity index (χ1v) is 34.0. The Kier molecular flexibility index (Phi) is 19.4. The Morgan fingerprint density at radius 3 is 1.33 bits per heavy atom. The van der Waals surface area contributed by atoms with Crippen molar-refractivity contribution < 1.29 is 8.78 Å². The Bertz CT molecular complexity index is 5730. The van der Waals surface area contributed by atoms with Gasteiger partial charge in [-0.1, -0.05) is 111 Å². The van der Waals surface area contributed by atoms with E-state index in [0.29, 0.717) is 57.8 Å². The Labute approximate surface area is 603 Å². The largest absolute Gasteiger partial charge is 0.368 e. The highest BCUT2D eigenvalue weighted by molar-refractivity contribution is 9.10. The topological polar surface area (TPSA) is 326 Å². The van der Waals surface area contributed by atoms with Crippen molar-refractivity contribution in [3.8, 4) is 23.5 Å². The van der Waals surface area contributed by atoms with Crippen molar-refractivity contribution in [2.45, 2.75) is 59.8 Å². The fourth-order valence-corrected chi connectivity index (χ4v) is 11.7. The van der Waals surface area contributed by atoms with Gasteiger partial charge in [0.1, 0.15) is 34.3 Å². The number of benzene rings is 8. The van der Waals surface area contributed by atoms with E-state index in [9.17, 15) is 8.78 Å². The van der Waals surface area contributed by atoms with Crippen molar-refractivity contribution in [1.82, 2.24) is 98.5 Å². The summed E-state index contributed by atoms with van der Waals surface area (Å²) in [5.41, 5.74) is 23.3. The summed E-state index contributed by atoms with van der Waals surface area (Å²) in [4.78, 5) is 52.9. The lowest BCUT2D eigenvalue weighted by atomic mass is 10.2. The van der Waals surface area contributed by atoms with Gasteiger partial charge in [-0.25, -0.2) is 28.7 Å². The minimum absolute atomic E-state index is 0.0484. The fraction of sp³-hybridized carbons (Fsp3) is 0.123. The average Bonchev–Trinajstić information content (AvgIpc) is 1.61. The van der Waals surface area contributed by atoms with E-state index in [2.05, 4.69) is 154 Å². The number of fused-ring (bicyclic) bond motifs is 4. The second kappa shape index (κ2) is 29.6. The second-order valence-corrected chi connectivity index (χ2v) is 25.5. The Morgan fingerprint density at radius 1 is 0.408 bits per heavy atom. The first-order chi connectivity index (χ1) is 50.0. The molecule has 0 saturated heterocycles. The first-order valence-electron chi connectivity index (χ1n) is 32.4. The maximum Gasteiger partial charge on any atom is 0.249 e. The van der Waals surface area contributed by atoms with Crippen molar-refractivity contribution in [3.63, 3.8) is 0 Å². The van der Waals surface area contributed by atoms with Gasteiger partial charge in [0.25, 0.3) is 0 Å². The molecule has 0 aliphatic heterocycles. The van der Waals surface area contributed by atoms with Crippen LogP contribution in [0.25, 0.3) is 67.7 Å². The number of para-hydroxylation sites is 6. The molecule has 26 nitrogen and oxygen atoms in total. The van der Waals surface area contributed by atoms with Crippen LogP contribution in [0.15, 0.2) is 203 Å². The number of hydrogen-bond donors (Lipinski definition) is 6. The zero-order chi connectivity index (χ0) is 71.3.